The molecule has 0 aromatic carbocycles. The number of rotatable bonds is 5. The highest BCUT2D eigenvalue weighted by molar-refractivity contribution is 9.10. The van der Waals surface area contributed by atoms with E-state index in [1.807, 2.05) is 13.8 Å². The molecule has 1 atom stereocenters. The minimum atomic E-state index is -0.190. The van der Waals surface area contributed by atoms with Gasteiger partial charge in [-0.1, -0.05) is 41.5 Å². The molecule has 0 spiro atoms. The van der Waals surface area contributed by atoms with E-state index in [2.05, 4.69) is 36.4 Å². The summed E-state index contributed by atoms with van der Waals surface area (Å²) in [7, 11) is 0. The molecule has 7 heteroatoms. The van der Waals surface area contributed by atoms with Gasteiger partial charge in [-0.15, -0.1) is 5.10 Å². The molecule has 1 rings (SSSR count). The van der Waals surface area contributed by atoms with Crippen molar-refractivity contribution in [3.63, 3.8) is 0 Å². The second kappa shape index (κ2) is 6.12. The van der Waals surface area contributed by atoms with Gasteiger partial charge in [0.05, 0.1) is 4.83 Å². The third-order valence-electron chi connectivity index (χ3n) is 1.62. The highest BCUT2D eigenvalue weighted by Crippen LogP contribution is 2.14. The molecule has 2 N–H and O–H groups in total. The summed E-state index contributed by atoms with van der Waals surface area (Å²) < 4.78 is 0. The minimum absolute atomic E-state index is 0.110. The number of halogens is 1. The summed E-state index contributed by atoms with van der Waals surface area (Å²) >= 11 is 4.78. The number of aromatic nitrogens is 3. The Balaban J connectivity index is 2.53. The number of alkyl halides is 1. The Morgan fingerprint density at radius 2 is 2.40 bits per heavy atom. The molecule has 1 aromatic rings. The van der Waals surface area contributed by atoms with Gasteiger partial charge in [0.2, 0.25) is 17.0 Å². The first-order valence-electron chi connectivity index (χ1n) is 4.67. The van der Waals surface area contributed by atoms with Crippen LogP contribution in [-0.4, -0.2) is 31.7 Å². The van der Waals surface area contributed by atoms with E-state index in [9.17, 15) is 4.79 Å². The topological polar surface area (TPSA) is 70.7 Å². The average molecular weight is 293 g/mol. The van der Waals surface area contributed by atoms with E-state index in [1.54, 1.807) is 0 Å². The van der Waals surface area contributed by atoms with Crippen molar-refractivity contribution < 1.29 is 4.79 Å². The van der Waals surface area contributed by atoms with Crippen LogP contribution in [0.3, 0.4) is 0 Å². The number of hydrogen-bond donors (Lipinski definition) is 2. The SMILES string of the molecule is CCSc1n[nH]c(NC(=O)C(Br)CC)n1. The number of amides is 1. The third kappa shape index (κ3) is 3.83. The molecule has 0 radical (unpaired) electrons. The lowest BCUT2D eigenvalue weighted by Crippen LogP contribution is -2.22. The Morgan fingerprint density at radius 3 is 3.00 bits per heavy atom. The Morgan fingerprint density at radius 1 is 1.67 bits per heavy atom. The van der Waals surface area contributed by atoms with Crippen molar-refractivity contribution in [2.24, 2.45) is 0 Å². The molecule has 0 aliphatic rings. The normalized spacial score (nSPS) is 12.5. The maximum atomic E-state index is 11.5. The zero-order chi connectivity index (χ0) is 11.3. The molecule has 0 aliphatic heterocycles. The Bertz CT molecular complexity index is 330. The molecule has 5 nitrogen and oxygen atoms in total. The summed E-state index contributed by atoms with van der Waals surface area (Å²) in [6, 6.07) is 0. The van der Waals surface area contributed by atoms with Crippen LogP contribution in [0.5, 0.6) is 0 Å². The average Bonchev–Trinajstić information content (AvgIpc) is 2.65. The van der Waals surface area contributed by atoms with E-state index in [0.717, 1.165) is 12.2 Å². The highest BCUT2D eigenvalue weighted by atomic mass is 79.9. The van der Waals surface area contributed by atoms with Crippen LogP contribution in [0.4, 0.5) is 5.95 Å². The second-order valence-corrected chi connectivity index (χ2v) is 5.10. The maximum Gasteiger partial charge on any atom is 0.240 e. The minimum Gasteiger partial charge on any atom is -0.294 e. The van der Waals surface area contributed by atoms with Crippen molar-refractivity contribution in [3.8, 4) is 0 Å². The summed E-state index contributed by atoms with van der Waals surface area (Å²) in [6.45, 7) is 3.95. The van der Waals surface area contributed by atoms with Crippen LogP contribution >= 0.6 is 27.7 Å². The van der Waals surface area contributed by atoms with Gasteiger partial charge in [-0.3, -0.25) is 10.1 Å². The van der Waals surface area contributed by atoms with Crippen LogP contribution in [0.15, 0.2) is 5.16 Å². The predicted molar refractivity (Wildman–Crippen MR) is 64.4 cm³/mol. The van der Waals surface area contributed by atoms with Gasteiger partial charge in [0, 0.05) is 0 Å². The van der Waals surface area contributed by atoms with Gasteiger partial charge in [0.15, 0.2) is 0 Å². The molecule has 0 saturated carbocycles. The van der Waals surface area contributed by atoms with Gasteiger partial charge in [-0.05, 0) is 12.2 Å². The van der Waals surface area contributed by atoms with E-state index in [0.29, 0.717) is 11.1 Å². The molecule has 0 fully saturated rings. The first-order chi connectivity index (χ1) is 7.17. The largest absolute Gasteiger partial charge is 0.294 e. The molecule has 0 saturated heterocycles. The van der Waals surface area contributed by atoms with E-state index in [1.165, 1.54) is 11.8 Å². The lowest BCUT2D eigenvalue weighted by Gasteiger charge is -2.04. The Kier molecular flexibility index (Phi) is 5.10. The monoisotopic (exact) mass is 292 g/mol. The number of thioether (sulfide) groups is 1. The number of carbonyl (C=O) groups is 1. The zero-order valence-electron chi connectivity index (χ0n) is 8.58. The van der Waals surface area contributed by atoms with E-state index in [4.69, 9.17) is 0 Å². The van der Waals surface area contributed by atoms with Gasteiger partial charge in [-0.2, -0.15) is 4.98 Å². The Hall–Kier alpha value is -0.560. The van der Waals surface area contributed by atoms with Gasteiger partial charge < -0.3 is 0 Å². The third-order valence-corrected chi connectivity index (χ3v) is 3.42. The first-order valence-corrected chi connectivity index (χ1v) is 6.57. The van der Waals surface area contributed by atoms with Crippen LogP contribution in [0.25, 0.3) is 0 Å². The highest BCUT2D eigenvalue weighted by Gasteiger charge is 2.14. The number of hydrogen-bond acceptors (Lipinski definition) is 4. The predicted octanol–water partition coefficient (Wildman–Crippen LogP) is 2.03. The molecule has 0 aliphatic carbocycles. The molecular formula is C8H13BrN4OS. The molecule has 1 amide bonds. The van der Waals surface area contributed by atoms with Crippen molar-refractivity contribution in [3.05, 3.63) is 0 Å². The van der Waals surface area contributed by atoms with Gasteiger partial charge in [0.1, 0.15) is 0 Å². The molecular weight excluding hydrogens is 280 g/mol. The summed E-state index contributed by atoms with van der Waals surface area (Å²) in [5, 5.41) is 9.90. The fourth-order valence-electron chi connectivity index (χ4n) is 0.876. The number of carbonyl (C=O) groups excluding carboxylic acids is 1. The van der Waals surface area contributed by atoms with E-state index in [-0.39, 0.29) is 10.7 Å². The van der Waals surface area contributed by atoms with Gasteiger partial charge >= 0.3 is 0 Å². The molecule has 15 heavy (non-hydrogen) atoms. The lowest BCUT2D eigenvalue weighted by atomic mass is 10.3. The van der Waals surface area contributed by atoms with Crippen molar-refractivity contribution in [2.75, 3.05) is 11.1 Å². The number of nitrogens with one attached hydrogen (secondary N) is 2. The summed E-state index contributed by atoms with van der Waals surface area (Å²) in [5.74, 6) is 1.19. The molecule has 84 valence electrons. The van der Waals surface area contributed by atoms with Crippen molar-refractivity contribution >= 4 is 39.5 Å². The van der Waals surface area contributed by atoms with Crippen LogP contribution in [0.1, 0.15) is 20.3 Å². The second-order valence-electron chi connectivity index (χ2n) is 2.76. The van der Waals surface area contributed by atoms with Gasteiger partial charge in [0.25, 0.3) is 0 Å². The number of nitrogens with zero attached hydrogens (tertiary/aromatic N) is 2. The lowest BCUT2D eigenvalue weighted by molar-refractivity contribution is -0.115. The molecule has 0 bridgehead atoms. The Labute approximate surface area is 101 Å². The number of aromatic amines is 1. The number of H-pyrrole nitrogens is 1. The van der Waals surface area contributed by atoms with Crippen LogP contribution in [0, 0.1) is 0 Å². The maximum absolute atomic E-state index is 11.5. The van der Waals surface area contributed by atoms with Crippen molar-refractivity contribution in [1.82, 2.24) is 15.2 Å². The standard InChI is InChI=1S/C8H13BrN4OS/c1-3-5(9)6(14)10-7-11-8(13-12-7)15-4-2/h5H,3-4H2,1-2H3,(H2,10,11,12,13,14). The smallest absolute Gasteiger partial charge is 0.240 e. The fourth-order valence-corrected chi connectivity index (χ4v) is 1.52. The van der Waals surface area contributed by atoms with Crippen LogP contribution in [-0.2, 0) is 4.79 Å². The summed E-state index contributed by atoms with van der Waals surface area (Å²) in [4.78, 5) is 15.4. The van der Waals surface area contributed by atoms with Crippen LogP contribution in [0.2, 0.25) is 0 Å². The van der Waals surface area contributed by atoms with E-state index < -0.39 is 0 Å². The summed E-state index contributed by atoms with van der Waals surface area (Å²) in [5.41, 5.74) is 0. The quantitative estimate of drug-likeness (QED) is 0.643. The fraction of sp³-hybridized carbons (Fsp3) is 0.625. The van der Waals surface area contributed by atoms with Crippen molar-refractivity contribution in [2.45, 2.75) is 30.3 Å². The molecule has 1 heterocycles. The number of anilines is 1. The first kappa shape index (κ1) is 12.5. The molecule has 1 unspecified atom stereocenters. The van der Waals surface area contributed by atoms with Crippen LogP contribution < -0.4 is 5.32 Å². The van der Waals surface area contributed by atoms with E-state index >= 15 is 0 Å². The zero-order valence-corrected chi connectivity index (χ0v) is 11.0. The van der Waals surface area contributed by atoms with Gasteiger partial charge in [-0.25, -0.2) is 5.10 Å². The van der Waals surface area contributed by atoms with Crippen molar-refractivity contribution in [1.29, 1.82) is 0 Å². The summed E-state index contributed by atoms with van der Waals surface area (Å²) in [6.07, 6.45) is 0.733. The molecule has 1 aromatic heterocycles.